The van der Waals surface area contributed by atoms with Crippen LogP contribution in [0.3, 0.4) is 0 Å². The summed E-state index contributed by atoms with van der Waals surface area (Å²) < 4.78 is 2.40. The molecule has 1 unspecified atom stereocenters. The van der Waals surface area contributed by atoms with E-state index in [1.807, 2.05) is 0 Å². The lowest BCUT2D eigenvalue weighted by atomic mass is 9.72. The van der Waals surface area contributed by atoms with Crippen LogP contribution in [0.4, 0.5) is 0 Å². The number of hydrogen-bond acceptors (Lipinski definition) is 2. The van der Waals surface area contributed by atoms with Gasteiger partial charge < -0.3 is 10.3 Å². The third kappa shape index (κ3) is 2.58. The Bertz CT molecular complexity index is 807. The van der Waals surface area contributed by atoms with Gasteiger partial charge in [0, 0.05) is 41.6 Å². The molecule has 0 saturated carbocycles. The van der Waals surface area contributed by atoms with Crippen molar-refractivity contribution in [2.45, 2.75) is 58.0 Å². The topological polar surface area (TPSA) is 51.3 Å². The molecule has 0 spiro atoms. The standard InChI is InChI=1S/C21H29N3O/c1-4-8-23-11-15(21(22)25)9-17-16-6-5-7-18-20(16)14(10-19(17)23)12-24(18)13(2)3/h5-7,12-13,15,17,19H,4,8-11H2,1-3H3,(H2,22,25)/t15?,17-,19-/m1/s1. The van der Waals surface area contributed by atoms with E-state index in [2.05, 4.69) is 54.6 Å². The molecule has 25 heavy (non-hydrogen) atoms. The van der Waals surface area contributed by atoms with Gasteiger partial charge >= 0.3 is 0 Å². The maximum atomic E-state index is 12.0. The van der Waals surface area contributed by atoms with Crippen LogP contribution >= 0.6 is 0 Å². The minimum absolute atomic E-state index is 0.0307. The summed E-state index contributed by atoms with van der Waals surface area (Å²) in [5.74, 6) is 0.242. The summed E-state index contributed by atoms with van der Waals surface area (Å²) in [6.07, 6.45) is 5.45. The fourth-order valence-electron chi connectivity index (χ4n) is 5.11. The van der Waals surface area contributed by atoms with Crippen LogP contribution in [0.25, 0.3) is 10.9 Å². The van der Waals surface area contributed by atoms with E-state index in [0.29, 0.717) is 18.0 Å². The molecule has 1 aliphatic heterocycles. The van der Waals surface area contributed by atoms with Crippen molar-refractivity contribution in [1.82, 2.24) is 9.47 Å². The quantitative estimate of drug-likeness (QED) is 0.927. The second-order valence-corrected chi connectivity index (χ2v) is 8.10. The normalized spacial score (nSPS) is 26.2. The second-order valence-electron chi connectivity index (χ2n) is 8.10. The van der Waals surface area contributed by atoms with E-state index in [1.165, 1.54) is 22.0 Å². The number of piperidine rings is 1. The molecule has 1 aromatic carbocycles. The zero-order valence-corrected chi connectivity index (χ0v) is 15.5. The van der Waals surface area contributed by atoms with E-state index in [0.717, 1.165) is 32.4 Å². The van der Waals surface area contributed by atoms with E-state index in [1.54, 1.807) is 0 Å². The first-order valence-electron chi connectivity index (χ1n) is 9.67. The maximum Gasteiger partial charge on any atom is 0.221 e. The van der Waals surface area contributed by atoms with Gasteiger partial charge in [0.15, 0.2) is 0 Å². The molecule has 1 saturated heterocycles. The smallest absolute Gasteiger partial charge is 0.221 e. The van der Waals surface area contributed by atoms with Crippen LogP contribution in [-0.4, -0.2) is 34.5 Å². The molecule has 3 atom stereocenters. The second kappa shape index (κ2) is 6.17. The highest BCUT2D eigenvalue weighted by atomic mass is 16.1. The highest BCUT2D eigenvalue weighted by Crippen LogP contribution is 2.45. The lowest BCUT2D eigenvalue weighted by Crippen LogP contribution is -2.52. The van der Waals surface area contributed by atoms with Crippen LogP contribution in [0, 0.1) is 5.92 Å². The molecule has 4 heteroatoms. The summed E-state index contributed by atoms with van der Waals surface area (Å²) in [5, 5.41) is 1.43. The summed E-state index contributed by atoms with van der Waals surface area (Å²) in [5.41, 5.74) is 9.95. The fourth-order valence-corrected chi connectivity index (χ4v) is 5.11. The third-order valence-electron chi connectivity index (χ3n) is 6.19. The van der Waals surface area contributed by atoms with Crippen LogP contribution in [0.15, 0.2) is 24.4 Å². The summed E-state index contributed by atoms with van der Waals surface area (Å²) >= 11 is 0. The lowest BCUT2D eigenvalue weighted by molar-refractivity contribution is -0.124. The SMILES string of the molecule is CCCN1CC(C(N)=O)C[C@@H]2c3cccc4c3c(cn4C(C)C)C[C@H]21. The van der Waals surface area contributed by atoms with Crippen LogP contribution in [0.2, 0.25) is 0 Å². The summed E-state index contributed by atoms with van der Waals surface area (Å²) in [7, 11) is 0. The molecule has 0 bridgehead atoms. The number of amides is 1. The first kappa shape index (κ1) is 16.6. The van der Waals surface area contributed by atoms with Crippen molar-refractivity contribution in [3.8, 4) is 0 Å². The van der Waals surface area contributed by atoms with Gasteiger partial charge in [-0.25, -0.2) is 0 Å². The number of rotatable bonds is 4. The van der Waals surface area contributed by atoms with Gasteiger partial charge in [-0.15, -0.1) is 0 Å². The van der Waals surface area contributed by atoms with Crippen molar-refractivity contribution in [2.75, 3.05) is 13.1 Å². The van der Waals surface area contributed by atoms with Gasteiger partial charge in [-0.05, 0) is 56.8 Å². The molecule has 1 fully saturated rings. The van der Waals surface area contributed by atoms with Gasteiger partial charge in [0.05, 0.1) is 5.92 Å². The van der Waals surface area contributed by atoms with E-state index in [-0.39, 0.29) is 11.8 Å². The summed E-state index contributed by atoms with van der Waals surface area (Å²) in [4.78, 5) is 14.5. The Morgan fingerprint density at radius 1 is 1.36 bits per heavy atom. The molecule has 1 amide bonds. The monoisotopic (exact) mass is 339 g/mol. The highest BCUT2D eigenvalue weighted by molar-refractivity contribution is 5.89. The minimum Gasteiger partial charge on any atom is -0.369 e. The number of benzene rings is 1. The third-order valence-corrected chi connectivity index (χ3v) is 6.19. The molecule has 2 aromatic rings. The predicted octanol–water partition coefficient (Wildman–Crippen LogP) is 3.45. The first-order chi connectivity index (χ1) is 12.0. The molecule has 2 aliphatic rings. The predicted molar refractivity (Wildman–Crippen MR) is 102 cm³/mol. The molecule has 1 aromatic heterocycles. The number of likely N-dealkylation sites (tertiary alicyclic amines) is 1. The number of fused-ring (bicyclic) bond motifs is 2. The molecule has 4 rings (SSSR count). The van der Waals surface area contributed by atoms with Crippen molar-refractivity contribution in [2.24, 2.45) is 11.7 Å². The zero-order valence-electron chi connectivity index (χ0n) is 15.5. The number of nitrogens with zero attached hydrogens (tertiary/aromatic N) is 2. The number of carbonyl (C=O) groups excluding carboxylic acids is 1. The van der Waals surface area contributed by atoms with Crippen molar-refractivity contribution >= 4 is 16.8 Å². The Morgan fingerprint density at radius 3 is 2.84 bits per heavy atom. The van der Waals surface area contributed by atoms with Crippen LogP contribution in [0.1, 0.15) is 56.7 Å². The summed E-state index contributed by atoms with van der Waals surface area (Å²) in [6.45, 7) is 8.56. The molecule has 1 aliphatic carbocycles. The van der Waals surface area contributed by atoms with E-state index < -0.39 is 0 Å². The Hall–Kier alpha value is -1.81. The van der Waals surface area contributed by atoms with Crippen molar-refractivity contribution in [1.29, 1.82) is 0 Å². The average molecular weight is 339 g/mol. The van der Waals surface area contributed by atoms with Crippen LogP contribution < -0.4 is 5.73 Å². The molecule has 0 radical (unpaired) electrons. The van der Waals surface area contributed by atoms with Crippen molar-refractivity contribution < 1.29 is 4.79 Å². The van der Waals surface area contributed by atoms with Gasteiger partial charge in [-0.3, -0.25) is 9.69 Å². The van der Waals surface area contributed by atoms with Gasteiger partial charge in [0.1, 0.15) is 0 Å². The zero-order chi connectivity index (χ0) is 17.7. The molecule has 2 N–H and O–H groups in total. The summed E-state index contributed by atoms with van der Waals surface area (Å²) in [6, 6.07) is 7.65. The van der Waals surface area contributed by atoms with Gasteiger partial charge in [-0.1, -0.05) is 19.1 Å². The van der Waals surface area contributed by atoms with Crippen molar-refractivity contribution in [3.05, 3.63) is 35.5 Å². The molecular weight excluding hydrogens is 310 g/mol. The Morgan fingerprint density at radius 2 is 2.16 bits per heavy atom. The molecule has 2 heterocycles. The van der Waals surface area contributed by atoms with Gasteiger partial charge in [-0.2, -0.15) is 0 Å². The minimum atomic E-state index is -0.141. The number of primary amides is 1. The van der Waals surface area contributed by atoms with E-state index >= 15 is 0 Å². The molecule has 4 nitrogen and oxygen atoms in total. The average Bonchev–Trinajstić information content (AvgIpc) is 2.96. The molecule has 134 valence electrons. The van der Waals surface area contributed by atoms with E-state index in [4.69, 9.17) is 5.73 Å². The first-order valence-corrected chi connectivity index (χ1v) is 9.67. The fraction of sp³-hybridized carbons (Fsp3) is 0.571. The van der Waals surface area contributed by atoms with Gasteiger partial charge in [0.25, 0.3) is 0 Å². The van der Waals surface area contributed by atoms with Crippen LogP contribution in [0.5, 0.6) is 0 Å². The number of carbonyl (C=O) groups is 1. The maximum absolute atomic E-state index is 12.0. The van der Waals surface area contributed by atoms with Crippen LogP contribution in [-0.2, 0) is 11.2 Å². The highest BCUT2D eigenvalue weighted by Gasteiger charge is 2.42. The Balaban J connectivity index is 1.84. The number of nitrogens with two attached hydrogens (primary N) is 1. The largest absolute Gasteiger partial charge is 0.369 e. The van der Waals surface area contributed by atoms with Crippen molar-refractivity contribution in [3.63, 3.8) is 0 Å². The Labute approximate surface area is 150 Å². The lowest BCUT2D eigenvalue weighted by Gasteiger charge is -2.46. The van der Waals surface area contributed by atoms with Gasteiger partial charge in [0.2, 0.25) is 5.91 Å². The molecular formula is C21H29N3O. The number of hydrogen-bond donors (Lipinski definition) is 1. The van der Waals surface area contributed by atoms with E-state index in [9.17, 15) is 4.79 Å². The Kier molecular flexibility index (Phi) is 4.11. The number of aromatic nitrogens is 1.